The molecule has 0 aromatic carbocycles. The maximum Gasteiger partial charge on any atom is 0.0332 e. The van der Waals surface area contributed by atoms with Crippen LogP contribution < -0.4 is 5.32 Å². The molecule has 0 saturated heterocycles. The van der Waals surface area contributed by atoms with Gasteiger partial charge in [0.2, 0.25) is 0 Å². The molecule has 1 N–H and O–H groups in total. The third-order valence-corrected chi connectivity index (χ3v) is 2.42. The molecule has 1 aliphatic heterocycles. The lowest BCUT2D eigenvalue weighted by Crippen LogP contribution is -2.07. The number of rotatable bonds is 0. The van der Waals surface area contributed by atoms with Crippen LogP contribution in [0.5, 0.6) is 0 Å². The zero-order valence-electron chi connectivity index (χ0n) is 6.35. The lowest BCUT2D eigenvalue weighted by molar-refractivity contribution is 0.664. The normalized spacial score (nSPS) is 30.3. The highest BCUT2D eigenvalue weighted by molar-refractivity contribution is 5.33. The van der Waals surface area contributed by atoms with E-state index in [0.717, 1.165) is 12.5 Å². The molecule has 1 atom stereocenters. The van der Waals surface area contributed by atoms with Crippen molar-refractivity contribution >= 4 is 0 Å². The van der Waals surface area contributed by atoms with Crippen LogP contribution in [0.3, 0.4) is 0 Å². The predicted molar refractivity (Wildman–Crippen MR) is 42.6 cm³/mol. The second kappa shape index (κ2) is 2.15. The molecular formula is C9H13N. The fourth-order valence-corrected chi connectivity index (χ4v) is 1.79. The molecule has 0 saturated carbocycles. The quantitative estimate of drug-likeness (QED) is 0.534. The van der Waals surface area contributed by atoms with Crippen molar-refractivity contribution in [2.45, 2.75) is 19.8 Å². The van der Waals surface area contributed by atoms with Gasteiger partial charge in [0.15, 0.2) is 0 Å². The van der Waals surface area contributed by atoms with Crippen molar-refractivity contribution in [3.8, 4) is 0 Å². The smallest absolute Gasteiger partial charge is 0.0332 e. The molecule has 54 valence electrons. The highest BCUT2D eigenvalue weighted by Crippen LogP contribution is 2.29. The molecule has 2 aliphatic rings. The lowest BCUT2D eigenvalue weighted by atomic mass is 9.91. The number of hydrogen-bond acceptors (Lipinski definition) is 1. The summed E-state index contributed by atoms with van der Waals surface area (Å²) in [6.45, 7) is 3.46. The van der Waals surface area contributed by atoms with Gasteiger partial charge >= 0.3 is 0 Å². The SMILES string of the molecule is CC1CC=CC2=C1CCN2. The second-order valence-electron chi connectivity index (χ2n) is 3.15. The minimum absolute atomic E-state index is 0.787. The first kappa shape index (κ1) is 6.02. The van der Waals surface area contributed by atoms with E-state index in [2.05, 4.69) is 24.4 Å². The monoisotopic (exact) mass is 135 g/mol. The van der Waals surface area contributed by atoms with E-state index in [1.807, 2.05) is 0 Å². The van der Waals surface area contributed by atoms with Crippen LogP contribution in [0.15, 0.2) is 23.4 Å². The van der Waals surface area contributed by atoms with Gasteiger partial charge in [0.25, 0.3) is 0 Å². The van der Waals surface area contributed by atoms with Gasteiger partial charge in [-0.15, -0.1) is 0 Å². The van der Waals surface area contributed by atoms with Crippen molar-refractivity contribution in [1.29, 1.82) is 0 Å². The summed E-state index contributed by atoms with van der Waals surface area (Å²) >= 11 is 0. The number of nitrogens with one attached hydrogen (secondary N) is 1. The fraction of sp³-hybridized carbons (Fsp3) is 0.556. The Morgan fingerprint density at radius 1 is 1.60 bits per heavy atom. The Balaban J connectivity index is 2.30. The Labute approximate surface area is 61.8 Å². The molecule has 0 radical (unpaired) electrons. The molecule has 1 aliphatic carbocycles. The first-order valence-corrected chi connectivity index (χ1v) is 4.01. The maximum absolute atomic E-state index is 3.38. The van der Waals surface area contributed by atoms with E-state index in [4.69, 9.17) is 0 Å². The van der Waals surface area contributed by atoms with E-state index in [0.29, 0.717) is 0 Å². The van der Waals surface area contributed by atoms with Gasteiger partial charge in [0.05, 0.1) is 0 Å². The Morgan fingerprint density at radius 3 is 3.30 bits per heavy atom. The summed E-state index contributed by atoms with van der Waals surface area (Å²) in [5.41, 5.74) is 3.04. The van der Waals surface area contributed by atoms with Crippen LogP contribution in [0.1, 0.15) is 19.8 Å². The Bertz CT molecular complexity index is 201. The zero-order chi connectivity index (χ0) is 6.97. The van der Waals surface area contributed by atoms with Crippen molar-refractivity contribution < 1.29 is 0 Å². The van der Waals surface area contributed by atoms with E-state index in [1.165, 1.54) is 18.5 Å². The third kappa shape index (κ3) is 0.772. The van der Waals surface area contributed by atoms with E-state index < -0.39 is 0 Å². The van der Waals surface area contributed by atoms with Gasteiger partial charge in [-0.25, -0.2) is 0 Å². The van der Waals surface area contributed by atoms with Crippen molar-refractivity contribution in [3.63, 3.8) is 0 Å². The van der Waals surface area contributed by atoms with Crippen LogP contribution in [0.2, 0.25) is 0 Å². The summed E-state index contributed by atoms with van der Waals surface area (Å²) in [5, 5.41) is 3.38. The van der Waals surface area contributed by atoms with Crippen LogP contribution in [0, 0.1) is 5.92 Å². The van der Waals surface area contributed by atoms with Crippen molar-refractivity contribution in [2.24, 2.45) is 5.92 Å². The molecular weight excluding hydrogens is 122 g/mol. The molecule has 0 fully saturated rings. The molecule has 1 heteroatoms. The number of allylic oxidation sites excluding steroid dienone is 2. The molecule has 0 aromatic rings. The van der Waals surface area contributed by atoms with Gasteiger partial charge in [-0.2, -0.15) is 0 Å². The standard InChI is InChI=1S/C9H13N/c1-7-3-2-4-9-8(7)5-6-10-9/h2,4,7,10H,3,5-6H2,1H3. The summed E-state index contributed by atoms with van der Waals surface area (Å²) in [6.07, 6.45) is 6.99. The van der Waals surface area contributed by atoms with Crippen LogP contribution in [0.4, 0.5) is 0 Å². The Kier molecular flexibility index (Phi) is 1.30. The van der Waals surface area contributed by atoms with Crippen molar-refractivity contribution in [1.82, 2.24) is 5.32 Å². The highest BCUT2D eigenvalue weighted by Gasteiger charge is 2.19. The fourth-order valence-electron chi connectivity index (χ4n) is 1.79. The minimum Gasteiger partial charge on any atom is -0.385 e. The second-order valence-corrected chi connectivity index (χ2v) is 3.15. The Morgan fingerprint density at radius 2 is 2.50 bits per heavy atom. The van der Waals surface area contributed by atoms with E-state index >= 15 is 0 Å². The van der Waals surface area contributed by atoms with Gasteiger partial charge in [-0.3, -0.25) is 0 Å². The van der Waals surface area contributed by atoms with Crippen LogP contribution in [0.25, 0.3) is 0 Å². The largest absolute Gasteiger partial charge is 0.385 e. The lowest BCUT2D eigenvalue weighted by Gasteiger charge is -2.15. The summed E-state index contributed by atoms with van der Waals surface area (Å²) < 4.78 is 0. The van der Waals surface area contributed by atoms with Crippen LogP contribution in [-0.4, -0.2) is 6.54 Å². The maximum atomic E-state index is 3.38. The summed E-state index contributed by atoms with van der Waals surface area (Å²) in [4.78, 5) is 0. The highest BCUT2D eigenvalue weighted by atomic mass is 14.9. The summed E-state index contributed by atoms with van der Waals surface area (Å²) in [7, 11) is 0. The average Bonchev–Trinajstić information content (AvgIpc) is 2.36. The first-order chi connectivity index (χ1) is 4.88. The zero-order valence-corrected chi connectivity index (χ0v) is 6.35. The molecule has 1 nitrogen and oxygen atoms in total. The average molecular weight is 135 g/mol. The van der Waals surface area contributed by atoms with E-state index in [-0.39, 0.29) is 0 Å². The van der Waals surface area contributed by atoms with Gasteiger partial charge in [-0.1, -0.05) is 13.0 Å². The van der Waals surface area contributed by atoms with Gasteiger partial charge in [0.1, 0.15) is 0 Å². The van der Waals surface area contributed by atoms with E-state index in [1.54, 1.807) is 5.57 Å². The molecule has 0 bridgehead atoms. The predicted octanol–water partition coefficient (Wildman–Crippen LogP) is 1.83. The molecule has 1 unspecified atom stereocenters. The minimum atomic E-state index is 0.787. The molecule has 0 spiro atoms. The Hall–Kier alpha value is -0.720. The van der Waals surface area contributed by atoms with Gasteiger partial charge in [0, 0.05) is 12.2 Å². The van der Waals surface area contributed by atoms with Crippen molar-refractivity contribution in [3.05, 3.63) is 23.4 Å². The van der Waals surface area contributed by atoms with E-state index in [9.17, 15) is 0 Å². The number of hydrogen-bond donors (Lipinski definition) is 1. The molecule has 0 amide bonds. The molecule has 1 heterocycles. The summed E-state index contributed by atoms with van der Waals surface area (Å²) in [6, 6.07) is 0. The molecule has 0 aromatic heterocycles. The van der Waals surface area contributed by atoms with Crippen LogP contribution in [-0.2, 0) is 0 Å². The van der Waals surface area contributed by atoms with Crippen molar-refractivity contribution in [2.75, 3.05) is 6.54 Å². The summed E-state index contributed by atoms with van der Waals surface area (Å²) in [5.74, 6) is 0.787. The topological polar surface area (TPSA) is 12.0 Å². The van der Waals surface area contributed by atoms with Crippen LogP contribution >= 0.6 is 0 Å². The van der Waals surface area contributed by atoms with Gasteiger partial charge < -0.3 is 5.32 Å². The molecule has 2 rings (SSSR count). The van der Waals surface area contributed by atoms with Gasteiger partial charge in [-0.05, 0) is 30.4 Å². The molecule has 10 heavy (non-hydrogen) atoms. The third-order valence-electron chi connectivity index (χ3n) is 2.42. The first-order valence-electron chi connectivity index (χ1n) is 4.01.